The summed E-state index contributed by atoms with van der Waals surface area (Å²) < 4.78 is 1.89. The van der Waals surface area contributed by atoms with Gasteiger partial charge in [-0.3, -0.25) is 0 Å². The average Bonchev–Trinajstić information content (AvgIpc) is 2.63. The van der Waals surface area contributed by atoms with Crippen molar-refractivity contribution >= 4 is 5.65 Å². The van der Waals surface area contributed by atoms with Crippen molar-refractivity contribution in [3.63, 3.8) is 0 Å². The van der Waals surface area contributed by atoms with E-state index in [1.807, 2.05) is 28.9 Å². The van der Waals surface area contributed by atoms with Crippen LogP contribution in [0.2, 0.25) is 0 Å². The number of hydrogen-bond acceptors (Lipinski definition) is 3. The van der Waals surface area contributed by atoms with Crippen molar-refractivity contribution in [1.82, 2.24) is 9.38 Å². The molecular formula is C9H9N3O. The maximum absolute atomic E-state index is 10.3. The summed E-state index contributed by atoms with van der Waals surface area (Å²) in [5, 5.41) is 2.96. The molecule has 0 radical (unpaired) electrons. The van der Waals surface area contributed by atoms with E-state index >= 15 is 0 Å². The lowest BCUT2D eigenvalue weighted by Gasteiger charge is -2.02. The smallest absolute Gasteiger partial charge is 0.136 e. The molecule has 2 rings (SSSR count). The van der Waals surface area contributed by atoms with Crippen molar-refractivity contribution in [3.05, 3.63) is 41.2 Å². The van der Waals surface area contributed by atoms with Gasteiger partial charge in [-0.15, -0.1) is 0 Å². The predicted molar refractivity (Wildman–Crippen MR) is 49.4 cm³/mol. The molecule has 4 nitrogen and oxygen atoms in total. The van der Waals surface area contributed by atoms with E-state index in [4.69, 9.17) is 0 Å². The first kappa shape index (κ1) is 7.91. The minimum atomic E-state index is -0.304. The van der Waals surface area contributed by atoms with E-state index in [1.165, 1.54) is 0 Å². The minimum absolute atomic E-state index is 0.304. The van der Waals surface area contributed by atoms with Gasteiger partial charge in [0.2, 0.25) is 0 Å². The van der Waals surface area contributed by atoms with Crippen LogP contribution in [-0.4, -0.2) is 9.38 Å². The van der Waals surface area contributed by atoms with Crippen LogP contribution in [0.5, 0.6) is 0 Å². The molecule has 0 spiro atoms. The van der Waals surface area contributed by atoms with Gasteiger partial charge in [0.05, 0.1) is 0 Å². The molecule has 0 saturated heterocycles. The molecule has 13 heavy (non-hydrogen) atoms. The Balaban J connectivity index is 2.53. The monoisotopic (exact) mass is 175 g/mol. The first-order chi connectivity index (χ1) is 6.31. The maximum Gasteiger partial charge on any atom is 0.136 e. The first-order valence-corrected chi connectivity index (χ1v) is 4.06. The molecule has 0 saturated carbocycles. The van der Waals surface area contributed by atoms with Crippen molar-refractivity contribution in [2.45, 2.75) is 13.0 Å². The van der Waals surface area contributed by atoms with Crippen LogP contribution in [-0.2, 0) is 0 Å². The van der Waals surface area contributed by atoms with E-state index in [1.54, 1.807) is 13.1 Å². The van der Waals surface area contributed by atoms with Gasteiger partial charge in [0.1, 0.15) is 11.7 Å². The predicted octanol–water partition coefficient (Wildman–Crippen LogP) is 2.16. The molecule has 66 valence electrons. The van der Waals surface area contributed by atoms with Crippen LogP contribution >= 0.6 is 0 Å². The third-order valence-electron chi connectivity index (χ3n) is 2.06. The zero-order valence-electron chi connectivity index (χ0n) is 7.21. The zero-order valence-corrected chi connectivity index (χ0v) is 7.21. The van der Waals surface area contributed by atoms with Crippen molar-refractivity contribution in [1.29, 1.82) is 0 Å². The lowest BCUT2D eigenvalue weighted by molar-refractivity contribution is 0.809. The Bertz CT molecular complexity index is 435. The van der Waals surface area contributed by atoms with Gasteiger partial charge in [0.15, 0.2) is 0 Å². The van der Waals surface area contributed by atoms with Crippen LogP contribution < -0.4 is 0 Å². The highest BCUT2D eigenvalue weighted by molar-refractivity contribution is 5.42. The summed E-state index contributed by atoms with van der Waals surface area (Å²) >= 11 is 0. The fourth-order valence-electron chi connectivity index (χ4n) is 1.25. The lowest BCUT2D eigenvalue weighted by atomic mass is 10.1. The SMILES string of the molecule is CC(N=O)c1ccn2ccnc2c1. The summed E-state index contributed by atoms with van der Waals surface area (Å²) in [5.41, 5.74) is 1.74. The maximum atomic E-state index is 10.3. The molecule has 1 unspecified atom stereocenters. The Labute approximate surface area is 75.2 Å². The molecule has 0 N–H and O–H groups in total. The van der Waals surface area contributed by atoms with E-state index in [0.717, 1.165) is 11.2 Å². The number of aromatic nitrogens is 2. The van der Waals surface area contributed by atoms with E-state index in [-0.39, 0.29) is 6.04 Å². The largest absolute Gasteiger partial charge is 0.307 e. The molecule has 0 fully saturated rings. The van der Waals surface area contributed by atoms with Crippen LogP contribution in [0.15, 0.2) is 35.9 Å². The standard InChI is InChI=1S/C9H9N3O/c1-7(11-13)8-2-4-12-5-3-10-9(12)6-8/h2-7H,1H3. The van der Waals surface area contributed by atoms with Gasteiger partial charge in [-0.25, -0.2) is 4.98 Å². The molecular weight excluding hydrogens is 166 g/mol. The van der Waals surface area contributed by atoms with Crippen LogP contribution in [0.1, 0.15) is 18.5 Å². The molecule has 0 aliphatic carbocycles. The second-order valence-corrected chi connectivity index (χ2v) is 2.93. The van der Waals surface area contributed by atoms with Crippen LogP contribution in [0, 0.1) is 4.91 Å². The molecule has 4 heteroatoms. The van der Waals surface area contributed by atoms with E-state index < -0.39 is 0 Å². The number of pyridine rings is 1. The molecule has 0 bridgehead atoms. The summed E-state index contributed by atoms with van der Waals surface area (Å²) in [6.07, 6.45) is 5.45. The fraction of sp³-hybridized carbons (Fsp3) is 0.222. The summed E-state index contributed by atoms with van der Waals surface area (Å²) in [5.74, 6) is 0. The summed E-state index contributed by atoms with van der Waals surface area (Å²) in [6, 6.07) is 3.44. The number of nitrogens with zero attached hydrogens (tertiary/aromatic N) is 3. The third kappa shape index (κ3) is 1.30. The third-order valence-corrected chi connectivity index (χ3v) is 2.06. The molecule has 0 aliphatic heterocycles. The van der Waals surface area contributed by atoms with Gasteiger partial charge in [-0.2, -0.15) is 4.91 Å². The highest BCUT2D eigenvalue weighted by Crippen LogP contribution is 2.16. The van der Waals surface area contributed by atoms with E-state index in [0.29, 0.717) is 0 Å². The van der Waals surface area contributed by atoms with Crippen LogP contribution in [0.3, 0.4) is 0 Å². The molecule has 1 atom stereocenters. The Morgan fingerprint density at radius 3 is 3.15 bits per heavy atom. The summed E-state index contributed by atoms with van der Waals surface area (Å²) in [7, 11) is 0. The van der Waals surface area contributed by atoms with E-state index in [9.17, 15) is 4.91 Å². The van der Waals surface area contributed by atoms with Gasteiger partial charge in [-0.05, 0) is 24.6 Å². The van der Waals surface area contributed by atoms with Crippen LogP contribution in [0.4, 0.5) is 0 Å². The van der Waals surface area contributed by atoms with Crippen molar-refractivity contribution < 1.29 is 0 Å². The Morgan fingerprint density at radius 1 is 1.54 bits per heavy atom. The highest BCUT2D eigenvalue weighted by Gasteiger charge is 2.05. The van der Waals surface area contributed by atoms with Gasteiger partial charge in [0.25, 0.3) is 0 Å². The molecule has 2 heterocycles. The Kier molecular flexibility index (Phi) is 1.81. The number of nitroso groups, excluding NO2 is 1. The van der Waals surface area contributed by atoms with Crippen molar-refractivity contribution in [2.24, 2.45) is 5.18 Å². The number of fused-ring (bicyclic) bond motifs is 1. The Hall–Kier alpha value is -1.71. The second kappa shape index (κ2) is 2.97. The summed E-state index contributed by atoms with van der Waals surface area (Å²) in [6.45, 7) is 1.77. The highest BCUT2D eigenvalue weighted by atomic mass is 16.3. The first-order valence-electron chi connectivity index (χ1n) is 4.06. The number of imidazole rings is 1. The van der Waals surface area contributed by atoms with Crippen LogP contribution in [0.25, 0.3) is 5.65 Å². The fourth-order valence-corrected chi connectivity index (χ4v) is 1.25. The minimum Gasteiger partial charge on any atom is -0.307 e. The number of rotatable bonds is 2. The molecule has 2 aromatic rings. The number of hydrogen-bond donors (Lipinski definition) is 0. The van der Waals surface area contributed by atoms with Gasteiger partial charge in [-0.1, -0.05) is 5.18 Å². The lowest BCUT2D eigenvalue weighted by Crippen LogP contribution is -1.91. The normalized spacial score (nSPS) is 13.0. The Morgan fingerprint density at radius 2 is 2.38 bits per heavy atom. The zero-order chi connectivity index (χ0) is 9.26. The second-order valence-electron chi connectivity index (χ2n) is 2.93. The molecule has 0 aromatic carbocycles. The van der Waals surface area contributed by atoms with E-state index in [2.05, 4.69) is 10.2 Å². The molecule has 0 aliphatic rings. The van der Waals surface area contributed by atoms with Crippen molar-refractivity contribution in [2.75, 3.05) is 0 Å². The topological polar surface area (TPSA) is 46.7 Å². The van der Waals surface area contributed by atoms with Gasteiger partial charge < -0.3 is 4.40 Å². The molecule has 0 amide bonds. The van der Waals surface area contributed by atoms with Crippen molar-refractivity contribution in [3.8, 4) is 0 Å². The quantitative estimate of drug-likeness (QED) is 0.656. The van der Waals surface area contributed by atoms with Gasteiger partial charge in [0, 0.05) is 18.6 Å². The average molecular weight is 175 g/mol. The molecule has 2 aromatic heterocycles. The summed E-state index contributed by atoms with van der Waals surface area (Å²) in [4.78, 5) is 14.4. The van der Waals surface area contributed by atoms with Gasteiger partial charge >= 0.3 is 0 Å².